The van der Waals surface area contributed by atoms with Gasteiger partial charge in [-0.25, -0.2) is 0 Å². The van der Waals surface area contributed by atoms with Crippen LogP contribution in [-0.4, -0.2) is 11.0 Å². The zero-order chi connectivity index (χ0) is 16.7. The molecule has 0 rings (SSSR count). The first kappa shape index (κ1) is 35.9. The molecule has 0 amide bonds. The molecule has 7 N–H and O–H groups in total. The van der Waals surface area contributed by atoms with Crippen LogP contribution in [0.25, 0.3) is 0 Å². The summed E-state index contributed by atoms with van der Waals surface area (Å²) in [6.07, 6.45) is 26.0. The van der Waals surface area contributed by atoms with Crippen LogP contribution >= 0.6 is 0 Å². The van der Waals surface area contributed by atoms with Crippen LogP contribution in [0.4, 0.5) is 0 Å². The molecule has 162 valence electrons. The Kier molecular flexibility index (Phi) is 56.2. The van der Waals surface area contributed by atoms with E-state index >= 15 is 0 Å². The fourth-order valence-corrected chi connectivity index (χ4v) is 2.77. The molecule has 25 heavy (non-hydrogen) atoms. The third-order valence-corrected chi connectivity index (χ3v) is 4.41. The van der Waals surface area contributed by atoms with Gasteiger partial charge in [-0.3, -0.25) is 0 Å². The monoisotopic (exact) mass is 367 g/mol. The normalized spacial score (nSPS) is 9.12. The van der Waals surface area contributed by atoms with Crippen LogP contribution in [0.3, 0.4) is 0 Å². The number of hydrogen-bond donors (Lipinski definition) is 1. The number of rotatable bonds is 16. The molecule has 0 fully saturated rings. The summed E-state index contributed by atoms with van der Waals surface area (Å²) in [4.78, 5) is 0. The molecule has 0 spiro atoms. The maximum Gasteiger partial charge on any atom is 0 e. The van der Waals surface area contributed by atoms with Crippen molar-refractivity contribution in [3.05, 3.63) is 0 Å². The van der Waals surface area contributed by atoms with E-state index in [1.54, 1.807) is 0 Å². The molecule has 0 heterocycles. The van der Waals surface area contributed by atoms with Crippen LogP contribution in [0.5, 0.6) is 0 Å². The van der Waals surface area contributed by atoms with Gasteiger partial charge in [-0.1, -0.05) is 143 Å². The predicted molar refractivity (Wildman–Crippen MR) is 120 cm³/mol. The van der Waals surface area contributed by atoms with Crippen LogP contribution in [0, 0.1) is 0 Å². The Labute approximate surface area is 162 Å². The molecule has 0 aliphatic carbocycles. The standard InChI is InChI=1S/C16H34.C6H14.H3N.2H2O.H2/c1-3-5-7-9-11-13-15-16-14-12-10-8-6-4-2;1-3-5-6-4-2;;;;/h3-16H2,1-2H3;3-6H2,1-2H3;1H3;2*1H2;1H. The van der Waals surface area contributed by atoms with Crippen molar-refractivity contribution in [3.8, 4) is 0 Å². The molecule has 0 atom stereocenters. The Morgan fingerprint density at radius 3 is 0.600 bits per heavy atom. The van der Waals surface area contributed by atoms with Crippen LogP contribution in [0.15, 0.2) is 0 Å². The lowest BCUT2D eigenvalue weighted by atomic mass is 10.0. The molecular weight excluding hydrogens is 310 g/mol. The Morgan fingerprint density at radius 2 is 0.440 bits per heavy atom. The van der Waals surface area contributed by atoms with Crippen LogP contribution in [0.1, 0.15) is 145 Å². The molecule has 3 nitrogen and oxygen atoms in total. The van der Waals surface area contributed by atoms with Crippen molar-refractivity contribution in [2.45, 2.75) is 143 Å². The minimum absolute atomic E-state index is 0. The van der Waals surface area contributed by atoms with Gasteiger partial charge in [0, 0.05) is 1.43 Å². The highest BCUT2D eigenvalue weighted by Crippen LogP contribution is 2.12. The SMILES string of the molecule is CCCCCC.CCCCCCCCCCCCCCCC.N.O.O.[HH]. The molecule has 0 aromatic carbocycles. The van der Waals surface area contributed by atoms with Crippen LogP contribution < -0.4 is 6.15 Å². The summed E-state index contributed by atoms with van der Waals surface area (Å²) in [7, 11) is 0. The van der Waals surface area contributed by atoms with E-state index in [-0.39, 0.29) is 18.5 Å². The van der Waals surface area contributed by atoms with Crippen molar-refractivity contribution < 1.29 is 12.4 Å². The average Bonchev–Trinajstić information content (AvgIpc) is 2.54. The summed E-state index contributed by atoms with van der Waals surface area (Å²) >= 11 is 0. The summed E-state index contributed by atoms with van der Waals surface area (Å²) < 4.78 is 0. The first-order chi connectivity index (χ1) is 10.8. The molecule has 0 saturated carbocycles. The van der Waals surface area contributed by atoms with E-state index < -0.39 is 0 Å². The van der Waals surface area contributed by atoms with Crippen molar-refractivity contribution in [2.75, 3.05) is 0 Å². The summed E-state index contributed by atoms with van der Waals surface area (Å²) in [6.45, 7) is 9.04. The topological polar surface area (TPSA) is 98.0 Å². The lowest BCUT2D eigenvalue weighted by Crippen LogP contribution is -1.82. The molecule has 0 aliphatic rings. The predicted octanol–water partition coefficient (Wildman–Crippen LogP) is 7.83. The van der Waals surface area contributed by atoms with Gasteiger partial charge in [-0.15, -0.1) is 0 Å². The highest BCUT2D eigenvalue weighted by Gasteiger charge is 1.92. The Hall–Kier alpha value is -0.120. The molecule has 0 saturated heterocycles. The molecule has 3 heteroatoms. The highest BCUT2D eigenvalue weighted by atomic mass is 16.0. The maximum atomic E-state index is 2.29. The molecule has 0 aliphatic heterocycles. The highest BCUT2D eigenvalue weighted by molar-refractivity contribution is 4.48. The second-order valence-electron chi connectivity index (χ2n) is 6.95. The molecule has 0 radical (unpaired) electrons. The second kappa shape index (κ2) is 39.1. The first-order valence-electron chi connectivity index (χ1n) is 10.8. The fourth-order valence-electron chi connectivity index (χ4n) is 2.77. The van der Waals surface area contributed by atoms with Crippen molar-refractivity contribution >= 4 is 0 Å². The smallest absolute Gasteiger partial charge is 0 e. The van der Waals surface area contributed by atoms with Gasteiger partial charge in [0.1, 0.15) is 0 Å². The van der Waals surface area contributed by atoms with Gasteiger partial charge in [0.05, 0.1) is 0 Å². The van der Waals surface area contributed by atoms with Gasteiger partial charge < -0.3 is 17.1 Å². The minimum atomic E-state index is 0. The summed E-state index contributed by atoms with van der Waals surface area (Å²) in [6, 6.07) is 0. The van der Waals surface area contributed by atoms with Gasteiger partial charge in [0.2, 0.25) is 0 Å². The van der Waals surface area contributed by atoms with E-state index in [9.17, 15) is 0 Å². The lowest BCUT2D eigenvalue weighted by molar-refractivity contribution is 0.538. The van der Waals surface area contributed by atoms with Gasteiger partial charge in [-0.05, 0) is 0 Å². The molecule has 0 unspecified atom stereocenters. The Morgan fingerprint density at radius 1 is 0.320 bits per heavy atom. The number of hydrogen-bond acceptors (Lipinski definition) is 1. The van der Waals surface area contributed by atoms with Crippen LogP contribution in [0.2, 0.25) is 0 Å². The molecular formula is C22H57NO2. The summed E-state index contributed by atoms with van der Waals surface area (Å²) in [5.74, 6) is 0. The van der Waals surface area contributed by atoms with Crippen molar-refractivity contribution in [1.29, 1.82) is 0 Å². The zero-order valence-electron chi connectivity index (χ0n) is 18.4. The third kappa shape index (κ3) is 45.3. The van der Waals surface area contributed by atoms with Crippen molar-refractivity contribution in [3.63, 3.8) is 0 Å². The average molecular weight is 368 g/mol. The van der Waals surface area contributed by atoms with Gasteiger partial charge in [0.25, 0.3) is 0 Å². The van der Waals surface area contributed by atoms with Gasteiger partial charge in [-0.2, -0.15) is 0 Å². The van der Waals surface area contributed by atoms with Gasteiger partial charge in [0.15, 0.2) is 0 Å². The maximum absolute atomic E-state index is 2.29. The van der Waals surface area contributed by atoms with E-state index in [0.29, 0.717) is 0 Å². The van der Waals surface area contributed by atoms with Crippen molar-refractivity contribution in [2.24, 2.45) is 0 Å². The molecule has 0 aromatic heterocycles. The van der Waals surface area contributed by atoms with Crippen molar-refractivity contribution in [1.82, 2.24) is 6.15 Å². The Balaban J connectivity index is -0.0000000875. The first-order valence-corrected chi connectivity index (χ1v) is 10.8. The fraction of sp³-hybridized carbons (Fsp3) is 1.00. The minimum Gasteiger partial charge on any atom is -0.412 e. The quantitative estimate of drug-likeness (QED) is 0.276. The van der Waals surface area contributed by atoms with E-state index in [2.05, 4.69) is 27.7 Å². The van der Waals surface area contributed by atoms with E-state index in [4.69, 9.17) is 0 Å². The molecule has 0 bridgehead atoms. The number of unbranched alkanes of at least 4 members (excludes halogenated alkanes) is 16. The summed E-state index contributed by atoms with van der Waals surface area (Å²) in [5.41, 5.74) is 0. The third-order valence-electron chi connectivity index (χ3n) is 4.41. The van der Waals surface area contributed by atoms with E-state index in [1.807, 2.05) is 0 Å². The Bertz CT molecular complexity index is 154. The van der Waals surface area contributed by atoms with E-state index in [0.717, 1.165) is 0 Å². The largest absolute Gasteiger partial charge is 0.412 e. The van der Waals surface area contributed by atoms with Gasteiger partial charge >= 0.3 is 0 Å². The van der Waals surface area contributed by atoms with Crippen LogP contribution in [-0.2, 0) is 0 Å². The second-order valence-corrected chi connectivity index (χ2v) is 6.95. The van der Waals surface area contributed by atoms with E-state index in [1.165, 1.54) is 116 Å². The zero-order valence-corrected chi connectivity index (χ0v) is 18.4. The summed E-state index contributed by atoms with van der Waals surface area (Å²) in [5, 5.41) is 0. The molecule has 0 aromatic rings. The lowest BCUT2D eigenvalue weighted by Gasteiger charge is -2.02.